The second-order valence-corrected chi connectivity index (χ2v) is 4.60. The van der Waals surface area contributed by atoms with Gasteiger partial charge in [-0.05, 0) is 19.1 Å². The Morgan fingerprint density at radius 1 is 1.44 bits per heavy atom. The molecule has 0 aliphatic carbocycles. The van der Waals surface area contributed by atoms with Crippen LogP contribution < -0.4 is 0 Å². The third-order valence-corrected chi connectivity index (χ3v) is 2.10. The van der Waals surface area contributed by atoms with E-state index in [2.05, 4.69) is 4.18 Å². The molecular weight excluding hydrogens is 236 g/mol. The van der Waals surface area contributed by atoms with Crippen LogP contribution in [0, 0.1) is 0 Å². The van der Waals surface area contributed by atoms with Gasteiger partial charge in [0.1, 0.15) is 12.4 Å². The molecule has 7 heteroatoms. The molecule has 1 aromatic heterocycles. The Hall–Kier alpha value is -1.34. The number of carbonyl (C=O) groups is 1. The second kappa shape index (κ2) is 5.13. The van der Waals surface area contributed by atoms with Gasteiger partial charge in [0.2, 0.25) is 5.76 Å². The molecule has 90 valence electrons. The van der Waals surface area contributed by atoms with Gasteiger partial charge in [-0.25, -0.2) is 4.79 Å². The average molecular weight is 248 g/mol. The highest BCUT2D eigenvalue weighted by molar-refractivity contribution is 7.85. The Balaban J connectivity index is 2.61. The fourth-order valence-corrected chi connectivity index (χ4v) is 1.26. The number of hydrogen-bond acceptors (Lipinski definition) is 6. The van der Waals surface area contributed by atoms with Gasteiger partial charge in [-0.3, -0.25) is 4.18 Å². The molecule has 0 aromatic carbocycles. The SMILES string of the molecule is CCOC(=O)c1ccc(COS(C)(=O)=O)o1. The summed E-state index contributed by atoms with van der Waals surface area (Å²) in [5.41, 5.74) is 0. The van der Waals surface area contributed by atoms with Crippen molar-refractivity contribution in [3.63, 3.8) is 0 Å². The topological polar surface area (TPSA) is 82.8 Å². The van der Waals surface area contributed by atoms with Crippen LogP contribution in [0.2, 0.25) is 0 Å². The minimum absolute atomic E-state index is 0.0222. The van der Waals surface area contributed by atoms with Gasteiger partial charge < -0.3 is 9.15 Å². The first-order valence-electron chi connectivity index (χ1n) is 4.52. The molecule has 1 heterocycles. The van der Waals surface area contributed by atoms with Gasteiger partial charge in [-0.15, -0.1) is 0 Å². The van der Waals surface area contributed by atoms with E-state index >= 15 is 0 Å². The van der Waals surface area contributed by atoms with Crippen molar-refractivity contribution in [1.82, 2.24) is 0 Å². The maximum absolute atomic E-state index is 11.2. The summed E-state index contributed by atoms with van der Waals surface area (Å²) < 4.78 is 35.6. The predicted molar refractivity (Wildman–Crippen MR) is 54.3 cm³/mol. The highest BCUT2D eigenvalue weighted by atomic mass is 32.2. The van der Waals surface area contributed by atoms with Crippen LogP contribution in [0.1, 0.15) is 23.2 Å². The van der Waals surface area contributed by atoms with Crippen LogP contribution in [0.3, 0.4) is 0 Å². The standard InChI is InChI=1S/C9H12O6S/c1-3-13-9(10)8-5-4-7(15-8)6-14-16(2,11)12/h4-5H,3,6H2,1-2H3. The van der Waals surface area contributed by atoms with Gasteiger partial charge in [0, 0.05) is 0 Å². The number of furan rings is 1. The van der Waals surface area contributed by atoms with Gasteiger partial charge in [-0.2, -0.15) is 8.42 Å². The van der Waals surface area contributed by atoms with Crippen LogP contribution in [0.5, 0.6) is 0 Å². The molecule has 0 N–H and O–H groups in total. The van der Waals surface area contributed by atoms with Gasteiger partial charge >= 0.3 is 5.97 Å². The Kier molecular flexibility index (Phi) is 4.08. The smallest absolute Gasteiger partial charge is 0.374 e. The Morgan fingerprint density at radius 3 is 2.69 bits per heavy atom. The van der Waals surface area contributed by atoms with Crippen LogP contribution >= 0.6 is 0 Å². The normalized spacial score (nSPS) is 11.4. The van der Waals surface area contributed by atoms with Crippen LogP contribution in [0.4, 0.5) is 0 Å². The van der Waals surface area contributed by atoms with E-state index in [-0.39, 0.29) is 24.7 Å². The predicted octanol–water partition coefficient (Wildman–Crippen LogP) is 0.933. The first kappa shape index (κ1) is 12.7. The first-order chi connectivity index (χ1) is 7.42. The maximum atomic E-state index is 11.2. The monoisotopic (exact) mass is 248 g/mol. The molecular formula is C9H12O6S. The van der Waals surface area contributed by atoms with E-state index < -0.39 is 16.1 Å². The summed E-state index contributed by atoms with van der Waals surface area (Å²) in [6.07, 6.45) is 0.933. The van der Waals surface area contributed by atoms with Gasteiger partial charge in [0.15, 0.2) is 0 Å². The summed E-state index contributed by atoms with van der Waals surface area (Å²) in [7, 11) is -3.52. The molecule has 0 aliphatic rings. The largest absolute Gasteiger partial charge is 0.460 e. The molecule has 1 rings (SSSR count). The number of ether oxygens (including phenoxy) is 1. The third-order valence-electron chi connectivity index (χ3n) is 1.55. The molecule has 0 saturated heterocycles. The van der Waals surface area contributed by atoms with Crippen LogP contribution in [0.25, 0.3) is 0 Å². The molecule has 0 bridgehead atoms. The van der Waals surface area contributed by atoms with Gasteiger partial charge in [-0.1, -0.05) is 0 Å². The molecule has 0 fully saturated rings. The Morgan fingerprint density at radius 2 is 2.12 bits per heavy atom. The summed E-state index contributed by atoms with van der Waals surface area (Å²) in [6, 6.07) is 2.86. The molecule has 0 unspecified atom stereocenters. The van der Waals surface area contributed by atoms with Crippen molar-refractivity contribution < 1.29 is 26.5 Å². The van der Waals surface area contributed by atoms with Crippen LogP contribution in [-0.2, 0) is 25.6 Å². The Bertz CT molecular complexity index is 458. The molecule has 0 radical (unpaired) electrons. The highest BCUT2D eigenvalue weighted by Gasteiger charge is 2.13. The van der Waals surface area contributed by atoms with Crippen molar-refractivity contribution in [2.75, 3.05) is 12.9 Å². The zero-order valence-electron chi connectivity index (χ0n) is 8.93. The van der Waals surface area contributed by atoms with Crippen LogP contribution in [0.15, 0.2) is 16.5 Å². The molecule has 0 spiro atoms. The van der Waals surface area contributed by atoms with Crippen molar-refractivity contribution in [1.29, 1.82) is 0 Å². The lowest BCUT2D eigenvalue weighted by atomic mass is 10.4. The highest BCUT2D eigenvalue weighted by Crippen LogP contribution is 2.11. The van der Waals surface area contributed by atoms with E-state index in [1.54, 1.807) is 6.92 Å². The van der Waals surface area contributed by atoms with E-state index in [1.807, 2.05) is 0 Å². The van der Waals surface area contributed by atoms with Gasteiger partial charge in [0.25, 0.3) is 10.1 Å². The molecule has 6 nitrogen and oxygen atoms in total. The third kappa shape index (κ3) is 4.03. The molecule has 0 amide bonds. The molecule has 16 heavy (non-hydrogen) atoms. The van der Waals surface area contributed by atoms with Crippen LogP contribution in [-0.4, -0.2) is 27.2 Å². The van der Waals surface area contributed by atoms with E-state index in [0.29, 0.717) is 0 Å². The summed E-state index contributed by atoms with van der Waals surface area (Å²) in [6.45, 7) is 1.68. The second-order valence-electron chi connectivity index (χ2n) is 2.95. The minimum atomic E-state index is -3.52. The fourth-order valence-electron chi connectivity index (χ4n) is 0.933. The number of carbonyl (C=O) groups excluding carboxylic acids is 1. The minimum Gasteiger partial charge on any atom is -0.460 e. The van der Waals surface area contributed by atoms with Crippen molar-refractivity contribution in [2.45, 2.75) is 13.5 Å². The molecule has 1 aromatic rings. The molecule has 0 atom stereocenters. The Labute approximate surface area is 93.3 Å². The summed E-state index contributed by atoms with van der Waals surface area (Å²) in [5.74, 6) is -0.324. The zero-order chi connectivity index (χ0) is 12.2. The summed E-state index contributed by atoms with van der Waals surface area (Å²) in [5, 5.41) is 0. The van der Waals surface area contributed by atoms with Crippen molar-refractivity contribution in [3.05, 3.63) is 23.7 Å². The fraction of sp³-hybridized carbons (Fsp3) is 0.444. The van der Waals surface area contributed by atoms with Gasteiger partial charge in [0.05, 0.1) is 12.9 Å². The first-order valence-corrected chi connectivity index (χ1v) is 6.34. The van der Waals surface area contributed by atoms with E-state index in [9.17, 15) is 13.2 Å². The van der Waals surface area contributed by atoms with E-state index in [0.717, 1.165) is 6.26 Å². The summed E-state index contributed by atoms with van der Waals surface area (Å²) in [4.78, 5) is 11.2. The lowest BCUT2D eigenvalue weighted by Crippen LogP contribution is -2.03. The van der Waals surface area contributed by atoms with Crippen molar-refractivity contribution in [2.24, 2.45) is 0 Å². The maximum Gasteiger partial charge on any atom is 0.374 e. The number of rotatable bonds is 5. The molecule has 0 saturated carbocycles. The summed E-state index contributed by atoms with van der Waals surface area (Å²) >= 11 is 0. The van der Waals surface area contributed by atoms with Crippen molar-refractivity contribution >= 4 is 16.1 Å². The zero-order valence-corrected chi connectivity index (χ0v) is 9.74. The lowest BCUT2D eigenvalue weighted by Gasteiger charge is -1.98. The van der Waals surface area contributed by atoms with E-state index in [4.69, 9.17) is 9.15 Å². The molecule has 0 aliphatic heterocycles. The van der Waals surface area contributed by atoms with Crippen molar-refractivity contribution in [3.8, 4) is 0 Å². The average Bonchev–Trinajstić information content (AvgIpc) is 2.62. The van der Waals surface area contributed by atoms with E-state index in [1.165, 1.54) is 12.1 Å². The number of hydrogen-bond donors (Lipinski definition) is 0. The lowest BCUT2D eigenvalue weighted by molar-refractivity contribution is 0.0486. The quantitative estimate of drug-likeness (QED) is 0.569. The number of esters is 1.